The largest absolute Gasteiger partial charge is 0.573 e. The molecule has 0 atom stereocenters. The van der Waals surface area contributed by atoms with Crippen LogP contribution < -0.4 is 10.4 Å². The molecule has 0 saturated heterocycles. The van der Waals surface area contributed by atoms with Crippen molar-refractivity contribution in [3.63, 3.8) is 0 Å². The first-order chi connectivity index (χ1) is 16.6. The van der Waals surface area contributed by atoms with Gasteiger partial charge in [0.05, 0.1) is 5.56 Å². The number of hydrogen-bond acceptors (Lipinski definition) is 5. The highest BCUT2D eigenvalue weighted by Gasteiger charge is 2.31. The molecular formula is C26H17F3O6. The number of aliphatic carboxylic acids is 1. The molecule has 0 aliphatic heterocycles. The van der Waals surface area contributed by atoms with Crippen molar-refractivity contribution < 1.29 is 37.3 Å². The summed E-state index contributed by atoms with van der Waals surface area (Å²) in [6.07, 6.45) is -2.26. The molecule has 35 heavy (non-hydrogen) atoms. The number of hydrogen-bond donors (Lipinski definition) is 2. The number of rotatable bonds is 6. The number of halogens is 3. The van der Waals surface area contributed by atoms with Crippen LogP contribution in [0.3, 0.4) is 0 Å². The lowest BCUT2D eigenvalue weighted by molar-refractivity contribution is -0.274. The third-order valence-electron chi connectivity index (χ3n) is 5.13. The quantitative estimate of drug-likeness (QED) is 0.268. The SMILES string of the molecule is O=C(O)/C=C/c1ccc(Cc2c(-c3cccc(OC(F)(F)F)c3)c(=O)oc3cc(O)ccc23)cc1. The molecule has 4 aromatic rings. The summed E-state index contributed by atoms with van der Waals surface area (Å²) < 4.78 is 47.6. The van der Waals surface area contributed by atoms with Crippen LogP contribution >= 0.6 is 0 Å². The number of aromatic hydroxyl groups is 1. The summed E-state index contributed by atoms with van der Waals surface area (Å²) in [4.78, 5) is 23.7. The van der Waals surface area contributed by atoms with E-state index < -0.39 is 23.7 Å². The van der Waals surface area contributed by atoms with E-state index in [4.69, 9.17) is 9.52 Å². The summed E-state index contributed by atoms with van der Waals surface area (Å²) in [5.74, 6) is -1.68. The highest BCUT2D eigenvalue weighted by atomic mass is 19.4. The number of fused-ring (bicyclic) bond motifs is 1. The Hall–Kier alpha value is -4.53. The molecule has 0 amide bonds. The minimum Gasteiger partial charge on any atom is -0.508 e. The number of carboxylic acid groups (broad SMARTS) is 1. The molecule has 4 rings (SSSR count). The van der Waals surface area contributed by atoms with Gasteiger partial charge in [0.15, 0.2) is 0 Å². The van der Waals surface area contributed by atoms with E-state index in [2.05, 4.69) is 4.74 Å². The van der Waals surface area contributed by atoms with Crippen LogP contribution in [0.1, 0.15) is 16.7 Å². The van der Waals surface area contributed by atoms with E-state index in [0.29, 0.717) is 16.5 Å². The molecule has 0 radical (unpaired) electrons. The Morgan fingerprint density at radius 1 is 1.03 bits per heavy atom. The van der Waals surface area contributed by atoms with Crippen LogP contribution in [-0.4, -0.2) is 22.5 Å². The fourth-order valence-corrected chi connectivity index (χ4v) is 3.70. The second kappa shape index (κ2) is 9.38. The van der Waals surface area contributed by atoms with Crippen molar-refractivity contribution >= 4 is 23.0 Å². The van der Waals surface area contributed by atoms with E-state index in [-0.39, 0.29) is 28.9 Å². The van der Waals surface area contributed by atoms with Gasteiger partial charge >= 0.3 is 18.0 Å². The number of carbonyl (C=O) groups is 1. The maximum atomic E-state index is 13.0. The number of phenols is 1. The summed E-state index contributed by atoms with van der Waals surface area (Å²) in [7, 11) is 0. The van der Waals surface area contributed by atoms with E-state index in [9.17, 15) is 27.9 Å². The Kier molecular flexibility index (Phi) is 6.33. The third-order valence-corrected chi connectivity index (χ3v) is 5.13. The normalized spacial score (nSPS) is 11.7. The zero-order valence-corrected chi connectivity index (χ0v) is 17.9. The van der Waals surface area contributed by atoms with Gasteiger partial charge in [-0.3, -0.25) is 0 Å². The Morgan fingerprint density at radius 3 is 2.46 bits per heavy atom. The Labute approximate surface area is 196 Å². The number of phenolic OH excluding ortho intramolecular Hbond substituents is 1. The highest BCUT2D eigenvalue weighted by Crippen LogP contribution is 2.33. The lowest BCUT2D eigenvalue weighted by atomic mass is 9.93. The lowest BCUT2D eigenvalue weighted by Crippen LogP contribution is -2.17. The van der Waals surface area contributed by atoms with Gasteiger partial charge in [-0.15, -0.1) is 13.2 Å². The number of alkyl halides is 3. The van der Waals surface area contributed by atoms with Crippen LogP contribution in [0.5, 0.6) is 11.5 Å². The van der Waals surface area contributed by atoms with Crippen LogP contribution in [0.4, 0.5) is 13.2 Å². The molecule has 0 aliphatic carbocycles. The zero-order chi connectivity index (χ0) is 25.2. The first kappa shape index (κ1) is 23.6. The van der Waals surface area contributed by atoms with Crippen LogP contribution in [0.25, 0.3) is 28.2 Å². The molecule has 3 aromatic carbocycles. The lowest BCUT2D eigenvalue weighted by Gasteiger charge is -2.14. The Morgan fingerprint density at radius 2 is 1.77 bits per heavy atom. The maximum Gasteiger partial charge on any atom is 0.573 e. The van der Waals surface area contributed by atoms with E-state index in [1.165, 1.54) is 30.3 Å². The number of carboxylic acids is 1. The monoisotopic (exact) mass is 482 g/mol. The molecule has 0 unspecified atom stereocenters. The second-order valence-corrected chi connectivity index (χ2v) is 7.59. The van der Waals surface area contributed by atoms with Gasteiger partial charge in [-0.2, -0.15) is 0 Å². The van der Waals surface area contributed by atoms with Gasteiger partial charge in [0.25, 0.3) is 0 Å². The predicted octanol–water partition coefficient (Wildman–Crippen LogP) is 5.75. The van der Waals surface area contributed by atoms with E-state index in [1.54, 1.807) is 30.3 Å². The van der Waals surface area contributed by atoms with E-state index in [0.717, 1.165) is 23.8 Å². The molecule has 0 saturated carbocycles. The van der Waals surface area contributed by atoms with Gasteiger partial charge in [-0.1, -0.05) is 36.4 Å². The van der Waals surface area contributed by atoms with Crippen molar-refractivity contribution in [1.82, 2.24) is 0 Å². The van der Waals surface area contributed by atoms with Crippen molar-refractivity contribution in [2.75, 3.05) is 0 Å². The van der Waals surface area contributed by atoms with Gasteiger partial charge < -0.3 is 19.4 Å². The highest BCUT2D eigenvalue weighted by molar-refractivity contribution is 5.88. The van der Waals surface area contributed by atoms with Gasteiger partial charge in [-0.25, -0.2) is 9.59 Å². The molecule has 0 fully saturated rings. The summed E-state index contributed by atoms with van der Waals surface area (Å²) >= 11 is 0. The minimum atomic E-state index is -4.90. The van der Waals surface area contributed by atoms with Crippen molar-refractivity contribution in [3.8, 4) is 22.6 Å². The fraction of sp³-hybridized carbons (Fsp3) is 0.0769. The molecule has 0 spiro atoms. The van der Waals surface area contributed by atoms with Crippen LogP contribution in [0, 0.1) is 0 Å². The average Bonchev–Trinajstić information content (AvgIpc) is 2.77. The molecular weight excluding hydrogens is 465 g/mol. The van der Waals surface area contributed by atoms with Crippen molar-refractivity contribution in [2.45, 2.75) is 12.8 Å². The molecule has 0 bridgehead atoms. The first-order valence-corrected chi connectivity index (χ1v) is 10.2. The summed E-state index contributed by atoms with van der Waals surface area (Å²) in [5.41, 5.74) is 1.45. The van der Waals surface area contributed by atoms with Gasteiger partial charge in [0.2, 0.25) is 0 Å². The predicted molar refractivity (Wildman–Crippen MR) is 122 cm³/mol. The second-order valence-electron chi connectivity index (χ2n) is 7.59. The van der Waals surface area contributed by atoms with Gasteiger partial charge in [0, 0.05) is 17.5 Å². The van der Waals surface area contributed by atoms with Gasteiger partial charge in [-0.05, 0) is 59.0 Å². The minimum absolute atomic E-state index is 0.0608. The maximum absolute atomic E-state index is 13.0. The summed E-state index contributed by atoms with van der Waals surface area (Å²) in [6.45, 7) is 0. The average molecular weight is 482 g/mol. The van der Waals surface area contributed by atoms with Crippen LogP contribution in [0.15, 0.2) is 82.0 Å². The van der Waals surface area contributed by atoms with Crippen molar-refractivity contribution in [2.24, 2.45) is 0 Å². The molecule has 0 aliphatic rings. The molecule has 1 heterocycles. The standard InChI is InChI=1S/C26H17F3O6/c27-26(28,29)35-19-3-1-2-17(13-19)24-21(20-10-9-18(30)14-22(20)34-25(24)33)12-16-6-4-15(5-7-16)8-11-23(31)32/h1-11,13-14,30H,12H2,(H,31,32)/b11-8+. The molecule has 2 N–H and O–H groups in total. The molecule has 9 heteroatoms. The van der Waals surface area contributed by atoms with Crippen molar-refractivity contribution in [1.29, 1.82) is 0 Å². The third kappa shape index (κ3) is 5.70. The number of benzene rings is 3. The zero-order valence-electron chi connectivity index (χ0n) is 17.9. The molecule has 6 nitrogen and oxygen atoms in total. The van der Waals surface area contributed by atoms with Crippen LogP contribution in [-0.2, 0) is 11.2 Å². The van der Waals surface area contributed by atoms with Crippen molar-refractivity contribution in [3.05, 3.63) is 99.9 Å². The van der Waals surface area contributed by atoms with Crippen LogP contribution in [0.2, 0.25) is 0 Å². The molecule has 178 valence electrons. The Balaban J connectivity index is 1.84. The summed E-state index contributed by atoms with van der Waals surface area (Å²) in [5, 5.41) is 19.1. The summed E-state index contributed by atoms with van der Waals surface area (Å²) in [6, 6.07) is 16.2. The van der Waals surface area contributed by atoms with E-state index >= 15 is 0 Å². The van der Waals surface area contributed by atoms with E-state index in [1.807, 2.05) is 0 Å². The first-order valence-electron chi connectivity index (χ1n) is 10.2. The smallest absolute Gasteiger partial charge is 0.508 e. The molecule has 1 aromatic heterocycles. The fourth-order valence-electron chi connectivity index (χ4n) is 3.70. The van der Waals surface area contributed by atoms with Gasteiger partial charge in [0.1, 0.15) is 17.1 Å². The number of ether oxygens (including phenoxy) is 1. The topological polar surface area (TPSA) is 97.0 Å². The Bertz CT molecular complexity index is 1480.